The van der Waals surface area contributed by atoms with Gasteiger partial charge in [0.05, 0.1) is 18.4 Å². The fraction of sp³-hybridized carbons (Fsp3) is 0.412. The lowest BCUT2D eigenvalue weighted by atomic mass is 9.87. The van der Waals surface area contributed by atoms with Crippen molar-refractivity contribution in [1.82, 2.24) is 5.32 Å². The van der Waals surface area contributed by atoms with E-state index in [0.717, 1.165) is 5.56 Å². The summed E-state index contributed by atoms with van der Waals surface area (Å²) in [7, 11) is 0. The van der Waals surface area contributed by atoms with Crippen molar-refractivity contribution in [2.45, 2.75) is 33.1 Å². The van der Waals surface area contributed by atoms with Crippen LogP contribution >= 0.6 is 0 Å². The minimum absolute atomic E-state index is 0.0386. The Morgan fingerprint density at radius 3 is 2.43 bits per heavy atom. The zero-order valence-electron chi connectivity index (χ0n) is 13.8. The lowest BCUT2D eigenvalue weighted by Crippen LogP contribution is -2.36. The Morgan fingerprint density at radius 1 is 1.35 bits per heavy atom. The maximum absolute atomic E-state index is 11.7. The van der Waals surface area contributed by atoms with Crippen LogP contribution in [0.25, 0.3) is 0 Å². The summed E-state index contributed by atoms with van der Waals surface area (Å²) in [6.45, 7) is 8.09. The standard InChI is InChI=1S/C17H21N3O3/c1-5-23-16(22)20-15(21)12(10-18)11-19-14-8-6-13(7-9-14)17(2,3)4/h6-9,11-12H,5H2,1-4H3,(H,20,21,22). The van der Waals surface area contributed by atoms with Crippen molar-refractivity contribution in [3.8, 4) is 6.07 Å². The minimum Gasteiger partial charge on any atom is -0.450 e. The molecule has 0 radical (unpaired) electrons. The molecule has 1 atom stereocenters. The zero-order valence-corrected chi connectivity index (χ0v) is 13.8. The van der Waals surface area contributed by atoms with Crippen LogP contribution in [0.5, 0.6) is 0 Å². The van der Waals surface area contributed by atoms with E-state index < -0.39 is 17.9 Å². The molecule has 0 aliphatic rings. The maximum atomic E-state index is 11.7. The average molecular weight is 315 g/mol. The molecule has 1 aromatic carbocycles. The highest BCUT2D eigenvalue weighted by Gasteiger charge is 2.18. The summed E-state index contributed by atoms with van der Waals surface area (Å²) in [6, 6.07) is 9.32. The fourth-order valence-corrected chi connectivity index (χ4v) is 1.71. The molecule has 0 saturated carbocycles. The van der Waals surface area contributed by atoms with Gasteiger partial charge in [-0.15, -0.1) is 0 Å². The molecular formula is C17H21N3O3. The van der Waals surface area contributed by atoms with E-state index >= 15 is 0 Å². The van der Waals surface area contributed by atoms with Crippen molar-refractivity contribution in [3.05, 3.63) is 29.8 Å². The molecule has 0 spiro atoms. The predicted octanol–water partition coefficient (Wildman–Crippen LogP) is 3.10. The quantitative estimate of drug-likeness (QED) is 0.864. The molecule has 23 heavy (non-hydrogen) atoms. The van der Waals surface area contributed by atoms with Crippen molar-refractivity contribution >= 4 is 23.9 Å². The molecule has 0 fully saturated rings. The van der Waals surface area contributed by atoms with E-state index in [1.165, 1.54) is 6.21 Å². The number of amides is 2. The van der Waals surface area contributed by atoms with Crippen LogP contribution in [0.4, 0.5) is 10.5 Å². The second-order valence-corrected chi connectivity index (χ2v) is 5.89. The number of rotatable bonds is 4. The fourth-order valence-electron chi connectivity index (χ4n) is 1.71. The first kappa shape index (κ1) is 18.4. The largest absolute Gasteiger partial charge is 0.450 e. The van der Waals surface area contributed by atoms with Crippen LogP contribution in [-0.4, -0.2) is 24.8 Å². The Balaban J connectivity index is 2.75. The van der Waals surface area contributed by atoms with E-state index in [0.29, 0.717) is 5.69 Å². The molecule has 2 amide bonds. The highest BCUT2D eigenvalue weighted by molar-refractivity contribution is 6.03. The highest BCUT2D eigenvalue weighted by atomic mass is 16.5. The number of hydrogen-bond acceptors (Lipinski definition) is 5. The first-order valence-corrected chi connectivity index (χ1v) is 7.30. The lowest BCUT2D eigenvalue weighted by molar-refractivity contribution is -0.121. The van der Waals surface area contributed by atoms with Gasteiger partial charge in [-0.05, 0) is 30.0 Å². The molecule has 1 rings (SSSR count). The Morgan fingerprint density at radius 2 is 1.96 bits per heavy atom. The Bertz CT molecular complexity index is 622. The first-order chi connectivity index (χ1) is 10.8. The van der Waals surface area contributed by atoms with E-state index in [1.54, 1.807) is 13.0 Å². The van der Waals surface area contributed by atoms with Crippen LogP contribution in [0.1, 0.15) is 33.3 Å². The molecule has 6 nitrogen and oxygen atoms in total. The topological polar surface area (TPSA) is 91.5 Å². The van der Waals surface area contributed by atoms with Crippen LogP contribution in [0, 0.1) is 17.2 Å². The van der Waals surface area contributed by atoms with E-state index in [9.17, 15) is 9.59 Å². The number of carbonyl (C=O) groups excluding carboxylic acids is 2. The summed E-state index contributed by atoms with van der Waals surface area (Å²) in [6.07, 6.45) is 0.335. The SMILES string of the molecule is CCOC(=O)NC(=O)C(C#N)C=Nc1ccc(C(C)(C)C)cc1. The van der Waals surface area contributed by atoms with Gasteiger partial charge in [-0.1, -0.05) is 32.9 Å². The summed E-state index contributed by atoms with van der Waals surface area (Å²) < 4.78 is 4.59. The lowest BCUT2D eigenvalue weighted by Gasteiger charge is -2.18. The van der Waals surface area contributed by atoms with Crippen molar-refractivity contribution in [2.75, 3.05) is 6.61 Å². The number of aliphatic imine (C=N–C) groups is 1. The van der Waals surface area contributed by atoms with Gasteiger partial charge in [-0.25, -0.2) is 4.79 Å². The number of ether oxygens (including phenoxy) is 1. The van der Waals surface area contributed by atoms with E-state index in [-0.39, 0.29) is 12.0 Å². The predicted molar refractivity (Wildman–Crippen MR) is 87.6 cm³/mol. The summed E-state index contributed by atoms with van der Waals surface area (Å²) in [5, 5.41) is 11.0. The normalized spacial score (nSPS) is 12.5. The first-order valence-electron chi connectivity index (χ1n) is 7.30. The van der Waals surface area contributed by atoms with Crippen LogP contribution in [-0.2, 0) is 14.9 Å². The van der Waals surface area contributed by atoms with E-state index in [4.69, 9.17) is 5.26 Å². The summed E-state index contributed by atoms with van der Waals surface area (Å²) >= 11 is 0. The van der Waals surface area contributed by atoms with Crippen LogP contribution in [0.15, 0.2) is 29.3 Å². The van der Waals surface area contributed by atoms with Crippen molar-refractivity contribution in [1.29, 1.82) is 5.26 Å². The summed E-state index contributed by atoms with van der Waals surface area (Å²) in [5.74, 6) is -1.93. The van der Waals surface area contributed by atoms with Crippen molar-refractivity contribution in [2.24, 2.45) is 10.9 Å². The van der Waals surface area contributed by atoms with Gasteiger partial charge < -0.3 is 4.74 Å². The number of carbonyl (C=O) groups is 2. The Hall–Kier alpha value is -2.68. The third kappa shape index (κ3) is 5.91. The van der Waals surface area contributed by atoms with Crippen LogP contribution in [0.3, 0.4) is 0 Å². The molecular weight excluding hydrogens is 294 g/mol. The molecule has 1 unspecified atom stereocenters. The number of nitrogens with zero attached hydrogens (tertiary/aromatic N) is 2. The van der Waals surface area contributed by atoms with Gasteiger partial charge in [0.15, 0.2) is 5.92 Å². The van der Waals surface area contributed by atoms with Gasteiger partial charge in [0.25, 0.3) is 5.91 Å². The monoisotopic (exact) mass is 315 g/mol. The third-order valence-electron chi connectivity index (χ3n) is 3.03. The van der Waals surface area contributed by atoms with Gasteiger partial charge in [-0.3, -0.25) is 15.1 Å². The molecule has 1 aromatic rings. The molecule has 0 aromatic heterocycles. The van der Waals surface area contributed by atoms with Gasteiger partial charge in [0, 0.05) is 6.21 Å². The molecule has 0 aliphatic heterocycles. The van der Waals surface area contributed by atoms with E-state index in [1.807, 2.05) is 29.6 Å². The van der Waals surface area contributed by atoms with Crippen LogP contribution < -0.4 is 5.32 Å². The molecule has 0 bridgehead atoms. The Kier molecular flexibility index (Phi) is 6.46. The number of alkyl carbamates (subject to hydrolysis) is 1. The number of nitrogens with one attached hydrogen (secondary N) is 1. The second kappa shape index (κ2) is 8.08. The summed E-state index contributed by atoms with van der Waals surface area (Å²) in [4.78, 5) is 27.0. The van der Waals surface area contributed by atoms with Gasteiger partial charge in [0.2, 0.25) is 0 Å². The second-order valence-electron chi connectivity index (χ2n) is 5.89. The molecule has 1 N–H and O–H groups in total. The third-order valence-corrected chi connectivity index (χ3v) is 3.03. The van der Waals surface area contributed by atoms with Crippen molar-refractivity contribution in [3.63, 3.8) is 0 Å². The molecule has 6 heteroatoms. The Labute approximate surface area is 136 Å². The highest BCUT2D eigenvalue weighted by Crippen LogP contribution is 2.24. The van der Waals surface area contributed by atoms with Crippen molar-refractivity contribution < 1.29 is 14.3 Å². The summed E-state index contributed by atoms with van der Waals surface area (Å²) in [5.41, 5.74) is 1.83. The van der Waals surface area contributed by atoms with Gasteiger partial charge in [0.1, 0.15) is 0 Å². The van der Waals surface area contributed by atoms with Crippen LogP contribution in [0.2, 0.25) is 0 Å². The molecule has 0 saturated heterocycles. The smallest absolute Gasteiger partial charge is 0.413 e. The molecule has 0 aliphatic carbocycles. The number of imide groups is 1. The zero-order chi connectivity index (χ0) is 17.5. The number of benzene rings is 1. The van der Waals surface area contributed by atoms with Gasteiger partial charge in [-0.2, -0.15) is 5.26 Å². The molecule has 0 heterocycles. The number of nitriles is 1. The maximum Gasteiger partial charge on any atom is 0.413 e. The number of hydrogen-bond donors (Lipinski definition) is 1. The van der Waals surface area contributed by atoms with E-state index in [2.05, 4.69) is 30.5 Å². The average Bonchev–Trinajstić information content (AvgIpc) is 2.47. The van der Waals surface area contributed by atoms with Gasteiger partial charge >= 0.3 is 6.09 Å². The minimum atomic E-state index is -1.17. The molecule has 122 valence electrons.